The molecule has 0 aliphatic heterocycles. The van der Waals surface area contributed by atoms with E-state index in [0.717, 1.165) is 31.1 Å². The topological polar surface area (TPSA) is 51.6 Å². The van der Waals surface area contributed by atoms with Crippen molar-refractivity contribution in [2.45, 2.75) is 0 Å². The summed E-state index contributed by atoms with van der Waals surface area (Å²) in [5.74, 6) is 0. The second-order valence-electron chi connectivity index (χ2n) is 4.37. The molecule has 4 nitrogen and oxygen atoms in total. The average Bonchev–Trinajstić information content (AvgIpc) is 3.07. The molecule has 0 atom stereocenters. The lowest BCUT2D eigenvalue weighted by Crippen LogP contribution is -1.81. The van der Waals surface area contributed by atoms with Crippen LogP contribution in [0.3, 0.4) is 0 Å². The Hall–Kier alpha value is -1.60. The van der Waals surface area contributed by atoms with E-state index in [0.29, 0.717) is 10.0 Å². The zero-order valence-corrected chi connectivity index (χ0v) is 14.0. The van der Waals surface area contributed by atoms with E-state index in [1.165, 1.54) is 22.7 Å². The van der Waals surface area contributed by atoms with Crippen LogP contribution in [0.25, 0.3) is 31.1 Å². The minimum atomic E-state index is 0.608. The van der Waals surface area contributed by atoms with Gasteiger partial charge in [-0.2, -0.15) is 0 Å². The number of fused-ring (bicyclic) bond motifs is 1. The van der Waals surface area contributed by atoms with E-state index in [4.69, 9.17) is 23.2 Å². The van der Waals surface area contributed by atoms with Crippen molar-refractivity contribution in [2.75, 3.05) is 0 Å². The van der Waals surface area contributed by atoms with Crippen LogP contribution in [-0.2, 0) is 0 Å². The Balaban J connectivity index is 1.73. The van der Waals surface area contributed by atoms with E-state index in [2.05, 4.69) is 19.9 Å². The van der Waals surface area contributed by atoms with E-state index in [9.17, 15) is 0 Å². The van der Waals surface area contributed by atoms with Crippen LogP contribution < -0.4 is 0 Å². The lowest BCUT2D eigenvalue weighted by atomic mass is 10.4. The van der Waals surface area contributed by atoms with Crippen LogP contribution in [0, 0.1) is 0 Å². The SMILES string of the molecule is Clc1ccc(-c2nc3sc(-c4ccc(Cl)cn4)nc3s2)nc1. The Morgan fingerprint density at radius 3 is 1.50 bits per heavy atom. The number of hydrogen-bond donors (Lipinski definition) is 0. The van der Waals surface area contributed by atoms with Crippen LogP contribution >= 0.6 is 45.9 Å². The van der Waals surface area contributed by atoms with Gasteiger partial charge in [-0.25, -0.2) is 9.97 Å². The molecule has 0 saturated heterocycles. The number of thiazole rings is 2. The van der Waals surface area contributed by atoms with Gasteiger partial charge < -0.3 is 0 Å². The van der Waals surface area contributed by atoms with E-state index < -0.39 is 0 Å². The van der Waals surface area contributed by atoms with Crippen molar-refractivity contribution in [3.8, 4) is 21.4 Å². The fourth-order valence-corrected chi connectivity index (χ4v) is 4.09. The molecule has 22 heavy (non-hydrogen) atoms. The molecule has 4 aromatic rings. The summed E-state index contributed by atoms with van der Waals surface area (Å²) in [6.45, 7) is 0. The molecule has 0 amide bonds. The lowest BCUT2D eigenvalue weighted by molar-refractivity contribution is 1.31. The zero-order chi connectivity index (χ0) is 15.1. The molecule has 0 aliphatic carbocycles. The largest absolute Gasteiger partial charge is 0.252 e. The summed E-state index contributed by atoms with van der Waals surface area (Å²) in [6, 6.07) is 7.31. The number of aromatic nitrogens is 4. The highest BCUT2D eigenvalue weighted by molar-refractivity contribution is 7.29. The Kier molecular flexibility index (Phi) is 3.54. The Morgan fingerprint density at radius 1 is 0.682 bits per heavy atom. The van der Waals surface area contributed by atoms with Gasteiger partial charge in [0.15, 0.2) is 9.66 Å². The quantitative estimate of drug-likeness (QED) is 0.491. The first-order valence-corrected chi connectivity index (χ1v) is 8.59. The molecular formula is C14H6Cl2N4S2. The van der Waals surface area contributed by atoms with Crippen molar-refractivity contribution < 1.29 is 0 Å². The lowest BCUT2D eigenvalue weighted by Gasteiger charge is -1.95. The van der Waals surface area contributed by atoms with Gasteiger partial charge in [0.25, 0.3) is 0 Å². The molecule has 0 saturated carbocycles. The monoisotopic (exact) mass is 364 g/mol. The minimum Gasteiger partial charge on any atom is -0.252 e. The summed E-state index contributed by atoms with van der Waals surface area (Å²) in [5.41, 5.74) is 1.59. The molecule has 0 fully saturated rings. The molecule has 0 aliphatic rings. The molecule has 0 radical (unpaired) electrons. The molecule has 0 N–H and O–H groups in total. The molecule has 4 heterocycles. The van der Waals surface area contributed by atoms with Crippen LogP contribution in [0.2, 0.25) is 10.0 Å². The molecule has 108 valence electrons. The van der Waals surface area contributed by atoms with Crippen molar-refractivity contribution in [3.63, 3.8) is 0 Å². The Bertz CT molecular complexity index is 839. The molecule has 0 bridgehead atoms. The predicted octanol–water partition coefficient (Wildman–Crippen LogP) is 5.18. The van der Waals surface area contributed by atoms with Gasteiger partial charge in [0.2, 0.25) is 0 Å². The maximum Gasteiger partial charge on any atom is 0.156 e. The summed E-state index contributed by atoms with van der Waals surface area (Å²) in [6.07, 6.45) is 3.23. The van der Waals surface area contributed by atoms with Gasteiger partial charge in [-0.15, -0.1) is 0 Å². The molecule has 0 spiro atoms. The summed E-state index contributed by atoms with van der Waals surface area (Å²) in [5, 5.41) is 2.88. The third-order valence-electron chi connectivity index (χ3n) is 2.87. The fraction of sp³-hybridized carbons (Fsp3) is 0. The second-order valence-corrected chi connectivity index (χ2v) is 7.20. The second kappa shape index (κ2) is 5.55. The number of halogens is 2. The van der Waals surface area contributed by atoms with Crippen LogP contribution in [0.5, 0.6) is 0 Å². The molecule has 0 aromatic carbocycles. The number of nitrogens with zero attached hydrogens (tertiary/aromatic N) is 4. The number of pyridine rings is 2. The van der Waals surface area contributed by atoms with Gasteiger partial charge in [-0.1, -0.05) is 45.9 Å². The standard InChI is InChI=1S/C14H6Cl2N4S2/c15-7-1-3-9(17-5-7)11-19-13-14(21-11)20-12(22-13)10-4-2-8(16)6-18-10/h1-6H. The third kappa shape index (κ3) is 2.59. The van der Waals surface area contributed by atoms with Crippen molar-refractivity contribution in [1.82, 2.24) is 19.9 Å². The zero-order valence-electron chi connectivity index (χ0n) is 10.8. The maximum atomic E-state index is 5.85. The highest BCUT2D eigenvalue weighted by Crippen LogP contribution is 2.35. The summed E-state index contributed by atoms with van der Waals surface area (Å²) >= 11 is 14.7. The van der Waals surface area contributed by atoms with Crippen LogP contribution in [0.15, 0.2) is 36.7 Å². The van der Waals surface area contributed by atoms with Crippen molar-refractivity contribution >= 4 is 55.5 Å². The van der Waals surface area contributed by atoms with Gasteiger partial charge in [0.05, 0.1) is 21.4 Å². The van der Waals surface area contributed by atoms with Crippen molar-refractivity contribution in [3.05, 3.63) is 46.7 Å². The predicted molar refractivity (Wildman–Crippen MR) is 91.8 cm³/mol. The maximum absolute atomic E-state index is 5.85. The van der Waals surface area contributed by atoms with E-state index in [1.807, 2.05) is 12.1 Å². The fourth-order valence-electron chi connectivity index (χ4n) is 1.87. The van der Waals surface area contributed by atoms with Gasteiger partial charge in [0, 0.05) is 12.4 Å². The van der Waals surface area contributed by atoms with E-state index >= 15 is 0 Å². The van der Waals surface area contributed by atoms with Crippen LogP contribution in [0.1, 0.15) is 0 Å². The molecular weight excluding hydrogens is 359 g/mol. The molecule has 4 rings (SSSR count). The van der Waals surface area contributed by atoms with Gasteiger partial charge >= 0.3 is 0 Å². The van der Waals surface area contributed by atoms with E-state index in [1.54, 1.807) is 24.5 Å². The van der Waals surface area contributed by atoms with Crippen LogP contribution in [-0.4, -0.2) is 19.9 Å². The minimum absolute atomic E-state index is 0.608. The van der Waals surface area contributed by atoms with E-state index in [-0.39, 0.29) is 0 Å². The normalized spacial score (nSPS) is 11.2. The molecule has 0 unspecified atom stereocenters. The average molecular weight is 365 g/mol. The van der Waals surface area contributed by atoms with Gasteiger partial charge in [0.1, 0.15) is 10.0 Å². The first-order chi connectivity index (χ1) is 10.7. The highest BCUT2D eigenvalue weighted by Gasteiger charge is 2.14. The van der Waals surface area contributed by atoms with Gasteiger partial charge in [-0.3, -0.25) is 9.97 Å². The smallest absolute Gasteiger partial charge is 0.156 e. The Morgan fingerprint density at radius 2 is 1.14 bits per heavy atom. The number of hydrogen-bond acceptors (Lipinski definition) is 6. The summed E-state index contributed by atoms with van der Waals surface area (Å²) < 4.78 is 0. The first kappa shape index (κ1) is 14.0. The van der Waals surface area contributed by atoms with Crippen molar-refractivity contribution in [1.29, 1.82) is 0 Å². The Labute approximate surface area is 143 Å². The molecule has 8 heteroatoms. The number of rotatable bonds is 2. The summed E-state index contributed by atoms with van der Waals surface area (Å²) in [4.78, 5) is 19.5. The highest BCUT2D eigenvalue weighted by atomic mass is 35.5. The van der Waals surface area contributed by atoms with Crippen molar-refractivity contribution in [2.24, 2.45) is 0 Å². The molecule has 4 aromatic heterocycles. The van der Waals surface area contributed by atoms with Gasteiger partial charge in [-0.05, 0) is 24.3 Å². The first-order valence-electron chi connectivity index (χ1n) is 6.20. The third-order valence-corrected chi connectivity index (χ3v) is 5.39. The summed E-state index contributed by atoms with van der Waals surface area (Å²) in [7, 11) is 0. The van der Waals surface area contributed by atoms with Crippen LogP contribution in [0.4, 0.5) is 0 Å².